The van der Waals surface area contributed by atoms with E-state index in [1.165, 1.54) is 22.7 Å². The Bertz CT molecular complexity index is 1440. The number of nitrogens with zero attached hydrogens (tertiary/aromatic N) is 7. The molecule has 0 saturated heterocycles. The normalized spacial score (nSPS) is 12.4. The van der Waals surface area contributed by atoms with E-state index < -0.39 is 0 Å². The quantitative estimate of drug-likeness (QED) is 0.413. The third kappa shape index (κ3) is 4.21. The third-order valence-corrected chi connectivity index (χ3v) is 6.32. The van der Waals surface area contributed by atoms with Crippen LogP contribution in [0.25, 0.3) is 21.3 Å². The highest BCUT2D eigenvalue weighted by atomic mass is 32.1. The van der Waals surface area contributed by atoms with E-state index in [0.717, 1.165) is 37.5 Å². The molecule has 3 heterocycles. The summed E-state index contributed by atoms with van der Waals surface area (Å²) in [6.45, 7) is 0.391. The fourth-order valence-corrected chi connectivity index (χ4v) is 4.44. The molecular weight excluding hydrogens is 428 g/mol. The second-order valence-electron chi connectivity index (χ2n) is 6.97. The van der Waals surface area contributed by atoms with Gasteiger partial charge in [0, 0.05) is 36.9 Å². The van der Waals surface area contributed by atoms with Crippen molar-refractivity contribution in [2.45, 2.75) is 6.54 Å². The summed E-state index contributed by atoms with van der Waals surface area (Å²) in [5.74, 6) is 0. The maximum Gasteiger partial charge on any atom is 0.231 e. The van der Waals surface area contributed by atoms with Crippen molar-refractivity contribution in [2.24, 2.45) is 9.98 Å². The lowest BCUT2D eigenvalue weighted by molar-refractivity contribution is 0.904. The summed E-state index contributed by atoms with van der Waals surface area (Å²) in [5.41, 5.74) is 4.07. The average Bonchev–Trinajstić information content (AvgIpc) is 3.40. The van der Waals surface area contributed by atoms with E-state index in [4.69, 9.17) is 0 Å². The summed E-state index contributed by atoms with van der Waals surface area (Å²) in [5, 5.41) is 19.4. The van der Waals surface area contributed by atoms with Gasteiger partial charge in [0.05, 0.1) is 6.54 Å². The highest BCUT2D eigenvalue weighted by Gasteiger charge is 2.07. The number of fused-ring (bicyclic) bond motifs is 3. The van der Waals surface area contributed by atoms with Crippen LogP contribution in [0.1, 0.15) is 10.6 Å². The first-order valence-corrected chi connectivity index (χ1v) is 11.2. The lowest BCUT2D eigenvalue weighted by Crippen LogP contribution is -2.08. The molecule has 0 spiro atoms. The zero-order valence-electron chi connectivity index (χ0n) is 16.9. The van der Waals surface area contributed by atoms with Crippen LogP contribution < -0.4 is 9.70 Å². The fraction of sp³-hybridized carbons (Fsp3) is 0.143. The highest BCUT2D eigenvalue weighted by molar-refractivity contribution is 7.15. The Kier molecular flexibility index (Phi) is 5.23. The highest BCUT2D eigenvalue weighted by Crippen LogP contribution is 2.23. The maximum atomic E-state index is 4.53. The number of aromatic nitrogens is 5. The summed E-state index contributed by atoms with van der Waals surface area (Å²) in [7, 11) is 4.03. The van der Waals surface area contributed by atoms with Gasteiger partial charge in [0.2, 0.25) is 9.93 Å². The number of H-pyrrole nitrogens is 1. The number of hydrogen-bond acceptors (Lipinski definition) is 9. The minimum absolute atomic E-state index is 0.391. The summed E-state index contributed by atoms with van der Waals surface area (Å²) in [4.78, 5) is 15.9. The van der Waals surface area contributed by atoms with Crippen LogP contribution >= 0.6 is 22.7 Å². The maximum absolute atomic E-state index is 4.53. The molecule has 0 radical (unpaired) electrons. The Morgan fingerprint density at radius 1 is 0.968 bits per heavy atom. The minimum atomic E-state index is 0.391. The fourth-order valence-electron chi connectivity index (χ4n) is 3.03. The summed E-state index contributed by atoms with van der Waals surface area (Å²) >= 11 is 2.89. The van der Waals surface area contributed by atoms with Crippen molar-refractivity contribution in [3.63, 3.8) is 0 Å². The molecule has 0 saturated carbocycles. The molecule has 0 atom stereocenters. The molecule has 3 aromatic heterocycles. The molecule has 0 aliphatic heterocycles. The average molecular weight is 447 g/mol. The van der Waals surface area contributed by atoms with E-state index in [1.54, 1.807) is 6.21 Å². The van der Waals surface area contributed by atoms with Crippen LogP contribution in [0.5, 0.6) is 0 Å². The number of rotatable bonds is 5. The number of nitrogens with one attached hydrogen (secondary N) is 1. The van der Waals surface area contributed by atoms with Crippen LogP contribution in [0.4, 0.5) is 10.8 Å². The predicted octanol–water partition coefficient (Wildman–Crippen LogP) is 3.94. The topological polar surface area (TPSA) is 95.3 Å². The lowest BCUT2D eigenvalue weighted by Gasteiger charge is -2.11. The number of anilines is 1. The predicted molar refractivity (Wildman–Crippen MR) is 126 cm³/mol. The Morgan fingerprint density at radius 2 is 1.81 bits per heavy atom. The zero-order chi connectivity index (χ0) is 21.2. The number of hydrogen-bond donors (Lipinski definition) is 1. The summed E-state index contributed by atoms with van der Waals surface area (Å²) in [6, 6.07) is 16.2. The van der Waals surface area contributed by atoms with Crippen molar-refractivity contribution in [3.8, 4) is 0 Å². The molecule has 0 aliphatic rings. The van der Waals surface area contributed by atoms with Crippen LogP contribution in [0.3, 0.4) is 0 Å². The monoisotopic (exact) mass is 446 g/mol. The van der Waals surface area contributed by atoms with E-state index in [2.05, 4.69) is 52.4 Å². The van der Waals surface area contributed by atoms with Gasteiger partial charge in [-0.25, -0.2) is 9.98 Å². The number of benzene rings is 2. The van der Waals surface area contributed by atoms with Crippen LogP contribution in [0.2, 0.25) is 0 Å². The van der Waals surface area contributed by atoms with Gasteiger partial charge < -0.3 is 9.88 Å². The molecule has 5 aromatic rings. The van der Waals surface area contributed by atoms with E-state index in [1.807, 2.05) is 50.5 Å². The van der Waals surface area contributed by atoms with Crippen LogP contribution in [-0.2, 0) is 6.54 Å². The van der Waals surface area contributed by atoms with E-state index in [9.17, 15) is 0 Å². The molecule has 0 aliphatic carbocycles. The summed E-state index contributed by atoms with van der Waals surface area (Å²) < 4.78 is 0. The van der Waals surface area contributed by atoms with Gasteiger partial charge in [0.25, 0.3) is 0 Å². The van der Waals surface area contributed by atoms with Crippen molar-refractivity contribution in [1.82, 2.24) is 25.4 Å². The van der Waals surface area contributed by atoms with Crippen LogP contribution in [0, 0.1) is 0 Å². The molecule has 10 heteroatoms. The molecule has 0 fully saturated rings. The van der Waals surface area contributed by atoms with Gasteiger partial charge in [-0.05, 0) is 23.8 Å². The number of aromatic amines is 1. The third-order valence-electron chi connectivity index (χ3n) is 4.61. The largest absolute Gasteiger partial charge is 0.378 e. The van der Waals surface area contributed by atoms with Gasteiger partial charge >= 0.3 is 0 Å². The van der Waals surface area contributed by atoms with Gasteiger partial charge in [0.15, 0.2) is 0 Å². The smallest absolute Gasteiger partial charge is 0.231 e. The molecule has 1 N–H and O–H groups in total. The standard InChI is InChI=1S/C21H18N8S2/c1-29(2)14-9-7-13(8-10-14)11-22-20-27-25-17(30-20)12-23-21-28-26-18-15-5-3-4-6-16(15)24-19(18)31-21/h3-11,24H,12H2,1-2H3. The van der Waals surface area contributed by atoms with E-state index in [0.29, 0.717) is 16.5 Å². The van der Waals surface area contributed by atoms with Crippen molar-refractivity contribution in [3.05, 3.63) is 63.9 Å². The molecule has 2 aromatic carbocycles. The minimum Gasteiger partial charge on any atom is -0.378 e. The van der Waals surface area contributed by atoms with Crippen LogP contribution in [-0.4, -0.2) is 45.7 Å². The van der Waals surface area contributed by atoms with Gasteiger partial charge in [0.1, 0.15) is 15.4 Å². The number of para-hydroxylation sites is 1. The van der Waals surface area contributed by atoms with Crippen molar-refractivity contribution < 1.29 is 0 Å². The summed E-state index contributed by atoms with van der Waals surface area (Å²) in [6.07, 6.45) is 1.79. The Balaban J connectivity index is 1.31. The Morgan fingerprint density at radius 3 is 2.65 bits per heavy atom. The van der Waals surface area contributed by atoms with Crippen LogP contribution in [0.15, 0.2) is 58.5 Å². The molecule has 0 unspecified atom stereocenters. The van der Waals surface area contributed by atoms with E-state index >= 15 is 0 Å². The molecule has 154 valence electrons. The zero-order valence-corrected chi connectivity index (χ0v) is 18.5. The Hall–Kier alpha value is -3.50. The van der Waals surface area contributed by atoms with Crippen molar-refractivity contribution >= 4 is 61.0 Å². The van der Waals surface area contributed by atoms with Gasteiger partial charge in [-0.15, -0.1) is 20.4 Å². The van der Waals surface area contributed by atoms with Gasteiger partial charge in [-0.1, -0.05) is 53.0 Å². The van der Waals surface area contributed by atoms with Gasteiger partial charge in [-0.2, -0.15) is 0 Å². The van der Waals surface area contributed by atoms with Gasteiger partial charge in [-0.3, -0.25) is 0 Å². The van der Waals surface area contributed by atoms with Crippen molar-refractivity contribution in [1.29, 1.82) is 0 Å². The SMILES string of the molecule is CN(C)c1ccc(C=Nc2nnc(CN=c3nnc4c([nH]c5ccccc54)s3)s2)cc1. The first kappa shape index (κ1) is 19.5. The first-order valence-electron chi connectivity index (χ1n) is 9.54. The first-order chi connectivity index (χ1) is 15.2. The molecule has 0 bridgehead atoms. The van der Waals surface area contributed by atoms with Crippen molar-refractivity contribution in [2.75, 3.05) is 19.0 Å². The molecule has 8 nitrogen and oxygen atoms in total. The lowest BCUT2D eigenvalue weighted by atomic mass is 10.2. The molecular formula is C21H18N8S2. The second-order valence-corrected chi connectivity index (χ2v) is 8.99. The molecule has 0 amide bonds. The second kappa shape index (κ2) is 8.32. The molecule has 5 rings (SSSR count). The number of aliphatic imine (C=N–C) groups is 1. The Labute approximate surface area is 185 Å². The van der Waals surface area contributed by atoms with E-state index in [-0.39, 0.29) is 0 Å². The molecule has 31 heavy (non-hydrogen) atoms.